The van der Waals surface area contributed by atoms with Gasteiger partial charge in [0.25, 0.3) is 5.56 Å². The minimum Gasteiger partial charge on any atom is -0.508 e. The minimum absolute atomic E-state index is 0.162. The molecule has 0 radical (unpaired) electrons. The number of aryl methyl sites for hydroxylation is 2. The molecule has 158 valence electrons. The Morgan fingerprint density at radius 2 is 1.77 bits per heavy atom. The molecule has 0 aliphatic carbocycles. The highest BCUT2D eigenvalue weighted by Crippen LogP contribution is 2.23. The van der Waals surface area contributed by atoms with Gasteiger partial charge < -0.3 is 15.3 Å². The zero-order chi connectivity index (χ0) is 21.7. The van der Waals surface area contributed by atoms with Crippen LogP contribution in [0.3, 0.4) is 0 Å². The van der Waals surface area contributed by atoms with Crippen LogP contribution in [0, 0.1) is 13.8 Å². The first-order valence-electron chi connectivity index (χ1n) is 10.2. The van der Waals surface area contributed by atoms with Gasteiger partial charge in [-0.1, -0.05) is 30.3 Å². The number of rotatable bonds is 8. The lowest BCUT2D eigenvalue weighted by molar-refractivity contribution is 0.302. The van der Waals surface area contributed by atoms with Gasteiger partial charge in [0.15, 0.2) is 0 Å². The van der Waals surface area contributed by atoms with Gasteiger partial charge in [0.1, 0.15) is 5.75 Å². The van der Waals surface area contributed by atoms with Crippen molar-refractivity contribution in [1.82, 2.24) is 14.9 Å². The van der Waals surface area contributed by atoms with E-state index in [9.17, 15) is 9.90 Å². The molecule has 1 atom stereocenters. The van der Waals surface area contributed by atoms with Crippen molar-refractivity contribution >= 4 is 5.95 Å². The van der Waals surface area contributed by atoms with Crippen LogP contribution >= 0.6 is 0 Å². The summed E-state index contributed by atoms with van der Waals surface area (Å²) in [7, 11) is 4.08. The zero-order valence-electron chi connectivity index (χ0n) is 18.1. The number of nitrogens with one attached hydrogen (secondary N) is 2. The van der Waals surface area contributed by atoms with Crippen LogP contribution in [0.5, 0.6) is 5.75 Å². The molecule has 0 aliphatic heterocycles. The van der Waals surface area contributed by atoms with Gasteiger partial charge in [0.2, 0.25) is 5.95 Å². The number of aromatic amines is 1. The van der Waals surface area contributed by atoms with E-state index >= 15 is 0 Å². The van der Waals surface area contributed by atoms with E-state index in [0.29, 0.717) is 24.7 Å². The van der Waals surface area contributed by atoms with Gasteiger partial charge in [-0.25, -0.2) is 4.98 Å². The molecule has 0 saturated carbocycles. The Kier molecular flexibility index (Phi) is 6.90. The fourth-order valence-corrected chi connectivity index (χ4v) is 3.67. The number of aromatic hydroxyl groups is 1. The molecule has 0 saturated heterocycles. The highest BCUT2D eigenvalue weighted by Gasteiger charge is 2.16. The van der Waals surface area contributed by atoms with Crippen LogP contribution in [0.4, 0.5) is 5.95 Å². The molecule has 6 nitrogen and oxygen atoms in total. The van der Waals surface area contributed by atoms with Crippen LogP contribution in [0.2, 0.25) is 0 Å². The summed E-state index contributed by atoms with van der Waals surface area (Å²) in [6, 6.07) is 15.3. The molecule has 3 aromatic rings. The summed E-state index contributed by atoms with van der Waals surface area (Å²) < 4.78 is 0. The summed E-state index contributed by atoms with van der Waals surface area (Å²) in [5.74, 6) is 0.782. The topological polar surface area (TPSA) is 81.2 Å². The smallest absolute Gasteiger partial charge is 0.252 e. The largest absolute Gasteiger partial charge is 0.508 e. The fourth-order valence-electron chi connectivity index (χ4n) is 3.67. The number of benzene rings is 2. The van der Waals surface area contributed by atoms with Gasteiger partial charge in [-0.05, 0) is 68.8 Å². The van der Waals surface area contributed by atoms with E-state index < -0.39 is 0 Å². The second-order valence-corrected chi connectivity index (χ2v) is 8.01. The second-order valence-electron chi connectivity index (χ2n) is 8.01. The van der Waals surface area contributed by atoms with E-state index in [2.05, 4.69) is 20.2 Å². The first kappa shape index (κ1) is 21.6. The predicted octanol–water partition coefficient (Wildman–Crippen LogP) is 3.27. The van der Waals surface area contributed by atoms with Gasteiger partial charge in [-0.15, -0.1) is 0 Å². The fraction of sp³-hybridized carbons (Fsp3) is 0.333. The highest BCUT2D eigenvalue weighted by atomic mass is 16.3. The van der Waals surface area contributed by atoms with E-state index in [1.807, 2.05) is 58.3 Å². The van der Waals surface area contributed by atoms with Crippen LogP contribution in [0.1, 0.15) is 27.9 Å². The third-order valence-corrected chi connectivity index (χ3v) is 5.38. The lowest BCUT2D eigenvalue weighted by Crippen LogP contribution is -2.37. The molecule has 0 spiro atoms. The minimum atomic E-state index is -0.162. The van der Waals surface area contributed by atoms with E-state index in [0.717, 1.165) is 28.8 Å². The van der Waals surface area contributed by atoms with Crippen LogP contribution in [-0.4, -0.2) is 46.7 Å². The molecule has 0 aliphatic rings. The SMILES string of the molecule is Cc1cc(O)cc(C)c1C[C@H](CNc1nc(Cc2ccccc2)cc(=O)[nH]1)N(C)C. The number of aromatic nitrogens is 2. The summed E-state index contributed by atoms with van der Waals surface area (Å²) in [6.45, 7) is 4.67. The Bertz CT molecular complexity index is 1020. The summed E-state index contributed by atoms with van der Waals surface area (Å²) >= 11 is 0. The number of likely N-dealkylation sites (N-methyl/N-ethyl adjacent to an activating group) is 1. The van der Waals surface area contributed by atoms with E-state index in [4.69, 9.17) is 0 Å². The molecular formula is C24H30N4O2. The first-order chi connectivity index (χ1) is 14.3. The van der Waals surface area contributed by atoms with Crippen molar-refractivity contribution in [2.24, 2.45) is 0 Å². The normalized spacial score (nSPS) is 12.2. The number of hydrogen-bond donors (Lipinski definition) is 3. The summed E-state index contributed by atoms with van der Waals surface area (Å²) in [5, 5.41) is 13.1. The zero-order valence-corrected chi connectivity index (χ0v) is 18.1. The van der Waals surface area contributed by atoms with Gasteiger partial charge in [0, 0.05) is 25.1 Å². The number of hydrogen-bond acceptors (Lipinski definition) is 5. The van der Waals surface area contributed by atoms with Crippen LogP contribution < -0.4 is 10.9 Å². The molecule has 3 N–H and O–H groups in total. The summed E-state index contributed by atoms with van der Waals surface area (Å²) in [5.41, 5.74) is 5.08. The molecule has 2 aromatic carbocycles. The number of anilines is 1. The molecule has 0 fully saturated rings. The summed E-state index contributed by atoms with van der Waals surface area (Å²) in [4.78, 5) is 21.7. The third-order valence-electron chi connectivity index (χ3n) is 5.38. The maximum Gasteiger partial charge on any atom is 0.252 e. The Morgan fingerprint density at radius 1 is 1.10 bits per heavy atom. The molecular weight excluding hydrogens is 376 g/mol. The molecule has 3 rings (SSSR count). The maximum atomic E-state index is 12.1. The van der Waals surface area contributed by atoms with Crippen molar-refractivity contribution in [2.45, 2.75) is 32.7 Å². The molecule has 0 bridgehead atoms. The first-order valence-corrected chi connectivity index (χ1v) is 10.2. The number of phenols is 1. The van der Waals surface area contributed by atoms with Crippen LogP contribution in [0.15, 0.2) is 53.3 Å². The van der Waals surface area contributed by atoms with Crippen LogP contribution in [0.25, 0.3) is 0 Å². The van der Waals surface area contributed by atoms with Crippen molar-refractivity contribution < 1.29 is 5.11 Å². The van der Waals surface area contributed by atoms with Crippen LogP contribution in [-0.2, 0) is 12.8 Å². The Balaban J connectivity index is 1.73. The summed E-state index contributed by atoms with van der Waals surface area (Å²) in [6.07, 6.45) is 1.44. The third kappa shape index (κ3) is 5.70. The number of nitrogens with zero attached hydrogens (tertiary/aromatic N) is 2. The average Bonchev–Trinajstić information content (AvgIpc) is 2.67. The molecule has 1 aromatic heterocycles. The lowest BCUT2D eigenvalue weighted by Gasteiger charge is -2.26. The van der Waals surface area contributed by atoms with E-state index in [-0.39, 0.29) is 11.6 Å². The standard InChI is InChI=1S/C24H30N4O2/c1-16-10-21(29)11-17(2)22(16)14-20(28(3)4)15-25-24-26-19(13-23(30)27-24)12-18-8-6-5-7-9-18/h5-11,13,20,29H,12,14-15H2,1-4H3,(H2,25,26,27,30)/t20-/m1/s1. The van der Waals surface area contributed by atoms with Crippen molar-refractivity contribution in [3.8, 4) is 5.75 Å². The molecule has 0 amide bonds. The number of phenolic OH excluding ortho intramolecular Hbond substituents is 1. The second kappa shape index (κ2) is 9.59. The van der Waals surface area contributed by atoms with Crippen molar-refractivity contribution in [2.75, 3.05) is 26.0 Å². The van der Waals surface area contributed by atoms with Crippen molar-refractivity contribution in [1.29, 1.82) is 0 Å². The Hall–Kier alpha value is -3.12. The molecule has 0 unspecified atom stereocenters. The van der Waals surface area contributed by atoms with Crippen molar-refractivity contribution in [3.05, 3.63) is 86.8 Å². The Morgan fingerprint density at radius 3 is 2.40 bits per heavy atom. The molecule has 30 heavy (non-hydrogen) atoms. The monoisotopic (exact) mass is 406 g/mol. The average molecular weight is 407 g/mol. The predicted molar refractivity (Wildman–Crippen MR) is 121 cm³/mol. The molecule has 6 heteroatoms. The quantitative estimate of drug-likeness (QED) is 0.535. The van der Waals surface area contributed by atoms with Gasteiger partial charge in [0.05, 0.1) is 5.69 Å². The molecule has 1 heterocycles. The van der Waals surface area contributed by atoms with E-state index in [1.54, 1.807) is 18.2 Å². The number of H-pyrrole nitrogens is 1. The van der Waals surface area contributed by atoms with Gasteiger partial charge in [-0.3, -0.25) is 9.78 Å². The van der Waals surface area contributed by atoms with E-state index in [1.165, 1.54) is 5.56 Å². The van der Waals surface area contributed by atoms with Gasteiger partial charge >= 0.3 is 0 Å². The maximum absolute atomic E-state index is 12.1. The highest BCUT2D eigenvalue weighted by molar-refractivity contribution is 5.41. The van der Waals surface area contributed by atoms with Crippen molar-refractivity contribution in [3.63, 3.8) is 0 Å². The Labute approximate surface area is 177 Å². The lowest BCUT2D eigenvalue weighted by atomic mass is 9.95. The van der Waals surface area contributed by atoms with Gasteiger partial charge in [-0.2, -0.15) is 0 Å².